The zero-order valence-corrected chi connectivity index (χ0v) is 17.6. The Bertz CT molecular complexity index is 625. The highest BCUT2D eigenvalue weighted by molar-refractivity contribution is 14.0. The van der Waals surface area contributed by atoms with Crippen LogP contribution in [0.15, 0.2) is 41.9 Å². The number of nitrogens with zero attached hydrogens (tertiary/aromatic N) is 2. The Balaban J connectivity index is 0.00000364. The first-order valence-corrected chi connectivity index (χ1v) is 8.49. The number of aliphatic imine (C=N–C) groups is 1. The fourth-order valence-electron chi connectivity index (χ4n) is 2.85. The van der Waals surface area contributed by atoms with E-state index in [1.54, 1.807) is 13.1 Å². The molecule has 1 unspecified atom stereocenters. The molecule has 0 bridgehead atoms. The van der Waals surface area contributed by atoms with Crippen molar-refractivity contribution in [1.82, 2.24) is 15.5 Å². The quantitative estimate of drug-likeness (QED) is 0.263. The van der Waals surface area contributed by atoms with Crippen LogP contribution in [-0.4, -0.2) is 56.4 Å². The molecule has 2 rings (SSSR count). The van der Waals surface area contributed by atoms with Gasteiger partial charge >= 0.3 is 6.18 Å². The molecule has 9 heteroatoms. The van der Waals surface area contributed by atoms with Crippen LogP contribution in [0.3, 0.4) is 0 Å². The van der Waals surface area contributed by atoms with Crippen LogP contribution < -0.4 is 15.4 Å². The van der Waals surface area contributed by atoms with Gasteiger partial charge in [0.1, 0.15) is 12.4 Å². The first-order chi connectivity index (χ1) is 12.4. The molecule has 5 nitrogen and oxygen atoms in total. The highest BCUT2D eigenvalue weighted by Gasteiger charge is 2.34. The van der Waals surface area contributed by atoms with E-state index < -0.39 is 12.7 Å². The van der Waals surface area contributed by atoms with Crippen molar-refractivity contribution in [2.75, 3.05) is 33.3 Å². The largest absolute Gasteiger partial charge is 0.489 e. The lowest BCUT2D eigenvalue weighted by atomic mass is 10.2. The molecule has 0 aliphatic carbocycles. The fourth-order valence-corrected chi connectivity index (χ4v) is 2.85. The maximum absolute atomic E-state index is 12.5. The molecule has 1 aromatic rings. The molecule has 1 aliphatic heterocycles. The number of likely N-dealkylation sites (tertiary alicyclic amines) is 1. The molecule has 0 amide bonds. The van der Waals surface area contributed by atoms with Gasteiger partial charge in [-0.25, -0.2) is 0 Å². The molecule has 1 aliphatic rings. The van der Waals surface area contributed by atoms with Crippen molar-refractivity contribution in [3.63, 3.8) is 0 Å². The number of guanidine groups is 1. The van der Waals surface area contributed by atoms with Gasteiger partial charge in [0.2, 0.25) is 0 Å². The van der Waals surface area contributed by atoms with Crippen LogP contribution in [0.4, 0.5) is 13.2 Å². The van der Waals surface area contributed by atoms with E-state index in [-0.39, 0.29) is 30.0 Å². The van der Waals surface area contributed by atoms with E-state index in [0.29, 0.717) is 38.6 Å². The minimum Gasteiger partial charge on any atom is -0.489 e. The van der Waals surface area contributed by atoms with Crippen molar-refractivity contribution in [3.05, 3.63) is 42.5 Å². The average molecular weight is 498 g/mol. The van der Waals surface area contributed by atoms with Gasteiger partial charge in [0.25, 0.3) is 0 Å². The predicted octanol–water partition coefficient (Wildman–Crippen LogP) is 3.17. The van der Waals surface area contributed by atoms with E-state index in [9.17, 15) is 13.2 Å². The summed E-state index contributed by atoms with van der Waals surface area (Å²) in [6, 6.07) is 7.57. The van der Waals surface area contributed by atoms with Crippen LogP contribution in [0, 0.1) is 0 Å². The van der Waals surface area contributed by atoms with Gasteiger partial charge in [-0.15, -0.1) is 24.0 Å². The molecule has 27 heavy (non-hydrogen) atoms. The fraction of sp³-hybridized carbons (Fsp3) is 0.500. The third-order valence-corrected chi connectivity index (χ3v) is 4.02. The van der Waals surface area contributed by atoms with Crippen LogP contribution in [0.1, 0.15) is 12.0 Å². The van der Waals surface area contributed by atoms with Gasteiger partial charge in [0.15, 0.2) is 5.96 Å². The summed E-state index contributed by atoms with van der Waals surface area (Å²) < 4.78 is 43.1. The van der Waals surface area contributed by atoms with Crippen LogP contribution in [0.2, 0.25) is 0 Å². The molecule has 0 aromatic heterocycles. The van der Waals surface area contributed by atoms with E-state index in [0.717, 1.165) is 11.3 Å². The molecular formula is C18H26F3IN4O. The van der Waals surface area contributed by atoms with Gasteiger partial charge in [0.05, 0.1) is 6.54 Å². The van der Waals surface area contributed by atoms with Gasteiger partial charge < -0.3 is 15.4 Å². The number of ether oxygens (including phenoxy) is 1. The number of nitrogens with one attached hydrogen (secondary N) is 2. The van der Waals surface area contributed by atoms with Gasteiger partial charge in [-0.2, -0.15) is 13.2 Å². The number of rotatable bonds is 7. The van der Waals surface area contributed by atoms with E-state index in [1.807, 2.05) is 24.3 Å². The molecule has 1 fully saturated rings. The average Bonchev–Trinajstić information content (AvgIpc) is 3.02. The standard InChI is InChI=1S/C18H25F3N4O.HI/c1-3-10-26-16-7-5-4-6-14(16)11-23-17(22-2)24-15-8-9-25(12-15)13-18(19,20)21;/h3-7,15H,1,8-13H2,2H3,(H2,22,23,24);1H. The second-order valence-electron chi connectivity index (χ2n) is 6.11. The molecule has 1 aromatic carbocycles. The second kappa shape index (κ2) is 11.4. The van der Waals surface area contributed by atoms with Crippen molar-refractivity contribution in [1.29, 1.82) is 0 Å². The summed E-state index contributed by atoms with van der Waals surface area (Å²) in [7, 11) is 1.64. The SMILES string of the molecule is C=CCOc1ccccc1CNC(=NC)NC1CCN(CC(F)(F)F)C1.I. The zero-order valence-electron chi connectivity index (χ0n) is 15.3. The Hall–Kier alpha value is -1.49. The van der Waals surface area contributed by atoms with Gasteiger partial charge in [-0.05, 0) is 12.5 Å². The third kappa shape index (κ3) is 8.37. The minimum absolute atomic E-state index is 0. The summed E-state index contributed by atoms with van der Waals surface area (Å²) in [5, 5.41) is 6.37. The monoisotopic (exact) mass is 498 g/mol. The second-order valence-corrected chi connectivity index (χ2v) is 6.11. The molecular weight excluding hydrogens is 472 g/mol. The van der Waals surface area contributed by atoms with Crippen molar-refractivity contribution in [2.45, 2.75) is 25.2 Å². The van der Waals surface area contributed by atoms with Gasteiger partial charge in [0, 0.05) is 38.3 Å². The minimum atomic E-state index is -4.16. The molecule has 0 saturated carbocycles. The predicted molar refractivity (Wildman–Crippen MR) is 112 cm³/mol. The lowest BCUT2D eigenvalue weighted by Crippen LogP contribution is -2.44. The van der Waals surface area contributed by atoms with Crippen LogP contribution in [-0.2, 0) is 6.54 Å². The number of benzene rings is 1. The number of hydrogen-bond donors (Lipinski definition) is 2. The van der Waals surface area contributed by atoms with E-state index in [1.165, 1.54) is 4.90 Å². The molecule has 2 N–H and O–H groups in total. The topological polar surface area (TPSA) is 48.9 Å². The summed E-state index contributed by atoms with van der Waals surface area (Å²) in [6.45, 7) is 4.44. The molecule has 0 spiro atoms. The Labute approximate surface area is 175 Å². The smallest absolute Gasteiger partial charge is 0.401 e. The Kier molecular flexibility index (Phi) is 9.92. The number of halogens is 4. The molecule has 0 radical (unpaired) electrons. The summed E-state index contributed by atoms with van der Waals surface area (Å²) in [5.41, 5.74) is 0.961. The van der Waals surface area contributed by atoms with Crippen molar-refractivity contribution >= 4 is 29.9 Å². The highest BCUT2D eigenvalue weighted by Crippen LogP contribution is 2.20. The summed E-state index contributed by atoms with van der Waals surface area (Å²) in [5.74, 6) is 1.31. The van der Waals surface area contributed by atoms with E-state index >= 15 is 0 Å². The maximum atomic E-state index is 12.5. The summed E-state index contributed by atoms with van der Waals surface area (Å²) in [6.07, 6.45) is -1.84. The van der Waals surface area contributed by atoms with Gasteiger partial charge in [-0.1, -0.05) is 30.9 Å². The lowest BCUT2D eigenvalue weighted by molar-refractivity contribution is -0.143. The Morgan fingerprint density at radius 2 is 2.15 bits per heavy atom. The normalized spacial score (nSPS) is 17.9. The van der Waals surface area contributed by atoms with Crippen LogP contribution in [0.5, 0.6) is 5.75 Å². The molecule has 152 valence electrons. The Morgan fingerprint density at radius 1 is 1.41 bits per heavy atom. The molecule has 1 heterocycles. The first kappa shape index (κ1) is 23.5. The first-order valence-electron chi connectivity index (χ1n) is 8.49. The van der Waals surface area contributed by atoms with Crippen molar-refractivity contribution in [3.8, 4) is 5.75 Å². The van der Waals surface area contributed by atoms with Crippen molar-refractivity contribution in [2.24, 2.45) is 4.99 Å². The summed E-state index contributed by atoms with van der Waals surface area (Å²) >= 11 is 0. The van der Waals surface area contributed by atoms with Crippen molar-refractivity contribution < 1.29 is 17.9 Å². The van der Waals surface area contributed by atoms with Crippen LogP contribution >= 0.6 is 24.0 Å². The number of para-hydroxylation sites is 1. The Morgan fingerprint density at radius 3 is 2.81 bits per heavy atom. The van der Waals surface area contributed by atoms with Gasteiger partial charge in [-0.3, -0.25) is 9.89 Å². The third-order valence-electron chi connectivity index (χ3n) is 4.02. The molecule has 1 atom stereocenters. The maximum Gasteiger partial charge on any atom is 0.401 e. The van der Waals surface area contributed by atoms with E-state index in [2.05, 4.69) is 22.2 Å². The highest BCUT2D eigenvalue weighted by atomic mass is 127. The number of hydrogen-bond acceptors (Lipinski definition) is 3. The number of alkyl halides is 3. The van der Waals surface area contributed by atoms with E-state index in [4.69, 9.17) is 4.74 Å². The lowest BCUT2D eigenvalue weighted by Gasteiger charge is -2.20. The zero-order chi connectivity index (χ0) is 19.0. The molecule has 1 saturated heterocycles. The van der Waals surface area contributed by atoms with Crippen LogP contribution in [0.25, 0.3) is 0 Å². The summed E-state index contributed by atoms with van der Waals surface area (Å²) in [4.78, 5) is 5.56.